The van der Waals surface area contributed by atoms with E-state index in [1.165, 1.54) is 0 Å². The number of methoxy groups -OCH3 is 1. The summed E-state index contributed by atoms with van der Waals surface area (Å²) in [5, 5.41) is 6.13. The molecule has 4 rings (SSSR count). The van der Waals surface area contributed by atoms with Crippen LogP contribution in [0, 0.1) is 6.92 Å². The monoisotopic (exact) mass is 419 g/mol. The van der Waals surface area contributed by atoms with E-state index in [-0.39, 0.29) is 5.91 Å². The molecular formula is C23H25N5O3. The molecule has 0 saturated carbocycles. The number of hydrogen-bond donors (Lipinski definition) is 2. The van der Waals surface area contributed by atoms with Crippen LogP contribution in [0.4, 0.5) is 23.1 Å². The Kier molecular flexibility index (Phi) is 6.28. The van der Waals surface area contributed by atoms with Crippen LogP contribution in [0.5, 0.6) is 5.75 Å². The van der Waals surface area contributed by atoms with Gasteiger partial charge in [0.05, 0.1) is 20.3 Å². The highest BCUT2D eigenvalue weighted by Crippen LogP contribution is 2.21. The number of ether oxygens (including phenoxy) is 2. The number of anilines is 4. The van der Waals surface area contributed by atoms with Gasteiger partial charge in [-0.25, -0.2) is 4.98 Å². The van der Waals surface area contributed by atoms with Crippen LogP contribution in [0.15, 0.2) is 54.6 Å². The molecule has 8 heteroatoms. The lowest BCUT2D eigenvalue weighted by atomic mass is 10.2. The zero-order valence-corrected chi connectivity index (χ0v) is 17.6. The molecule has 31 heavy (non-hydrogen) atoms. The van der Waals surface area contributed by atoms with Crippen molar-refractivity contribution < 1.29 is 14.3 Å². The molecule has 160 valence electrons. The summed E-state index contributed by atoms with van der Waals surface area (Å²) in [5.74, 6) is 1.96. The van der Waals surface area contributed by atoms with Crippen LogP contribution in [-0.4, -0.2) is 49.3 Å². The van der Waals surface area contributed by atoms with Gasteiger partial charge in [0.15, 0.2) is 0 Å². The number of hydrogen-bond acceptors (Lipinski definition) is 7. The normalized spacial score (nSPS) is 13.5. The minimum Gasteiger partial charge on any atom is -0.497 e. The number of carbonyl (C=O) groups excluding carboxylic acids is 1. The molecule has 1 amide bonds. The highest BCUT2D eigenvalue weighted by molar-refractivity contribution is 6.04. The summed E-state index contributed by atoms with van der Waals surface area (Å²) in [6.45, 7) is 5.00. The van der Waals surface area contributed by atoms with E-state index in [9.17, 15) is 4.79 Å². The van der Waals surface area contributed by atoms with Crippen LogP contribution in [-0.2, 0) is 4.74 Å². The Morgan fingerprint density at radius 1 is 1.00 bits per heavy atom. The number of morpholine rings is 1. The van der Waals surface area contributed by atoms with Crippen LogP contribution in [0.25, 0.3) is 0 Å². The number of nitrogens with one attached hydrogen (secondary N) is 2. The second-order valence-corrected chi connectivity index (χ2v) is 7.18. The Bertz CT molecular complexity index is 1030. The molecule has 1 aliphatic heterocycles. The molecule has 1 fully saturated rings. The lowest BCUT2D eigenvalue weighted by Crippen LogP contribution is -2.36. The molecule has 1 aliphatic rings. The average Bonchev–Trinajstić information content (AvgIpc) is 2.80. The fourth-order valence-corrected chi connectivity index (χ4v) is 3.27. The summed E-state index contributed by atoms with van der Waals surface area (Å²) in [5.41, 5.74) is 2.99. The molecule has 2 N–H and O–H groups in total. The van der Waals surface area contributed by atoms with Crippen LogP contribution < -0.4 is 20.3 Å². The van der Waals surface area contributed by atoms with Crippen LogP contribution in [0.1, 0.15) is 16.1 Å². The second kappa shape index (κ2) is 9.44. The van der Waals surface area contributed by atoms with Gasteiger partial charge >= 0.3 is 0 Å². The zero-order chi connectivity index (χ0) is 21.6. The van der Waals surface area contributed by atoms with Gasteiger partial charge in [-0.05, 0) is 55.5 Å². The number of aryl methyl sites for hydroxylation is 1. The fourth-order valence-electron chi connectivity index (χ4n) is 3.27. The Balaban J connectivity index is 1.41. The largest absolute Gasteiger partial charge is 0.497 e. The molecule has 0 aliphatic carbocycles. The van der Waals surface area contributed by atoms with Gasteiger partial charge in [-0.1, -0.05) is 0 Å². The molecule has 8 nitrogen and oxygen atoms in total. The van der Waals surface area contributed by atoms with Crippen molar-refractivity contribution in [2.75, 3.05) is 48.9 Å². The first-order valence-electron chi connectivity index (χ1n) is 10.1. The summed E-state index contributed by atoms with van der Waals surface area (Å²) in [7, 11) is 1.59. The van der Waals surface area contributed by atoms with E-state index < -0.39 is 0 Å². The van der Waals surface area contributed by atoms with Crippen molar-refractivity contribution in [2.45, 2.75) is 6.92 Å². The molecule has 0 spiro atoms. The third-order valence-electron chi connectivity index (χ3n) is 4.93. The SMILES string of the molecule is COc1ccc(C(=O)Nc2ccc(Nc3nc(C)cc(N4CCOCC4)n3)cc2)cc1. The van der Waals surface area contributed by atoms with E-state index in [0.717, 1.165) is 30.3 Å². The Morgan fingerprint density at radius 3 is 2.35 bits per heavy atom. The van der Waals surface area contributed by atoms with E-state index in [2.05, 4.69) is 25.5 Å². The van der Waals surface area contributed by atoms with Gasteiger partial charge in [-0.15, -0.1) is 0 Å². The number of rotatable bonds is 6. The molecule has 0 radical (unpaired) electrons. The quantitative estimate of drug-likeness (QED) is 0.631. The predicted octanol–water partition coefficient (Wildman–Crippen LogP) is 3.63. The summed E-state index contributed by atoms with van der Waals surface area (Å²) in [4.78, 5) is 23.7. The Labute approximate surface area is 181 Å². The number of benzene rings is 2. The van der Waals surface area contributed by atoms with Crippen molar-refractivity contribution in [1.29, 1.82) is 0 Å². The third kappa shape index (κ3) is 5.29. The standard InChI is InChI=1S/C23H25N5O3/c1-16-15-21(28-11-13-31-14-12-28)27-23(24-16)26-19-7-5-18(6-8-19)25-22(29)17-3-9-20(30-2)10-4-17/h3-10,15H,11-14H2,1-2H3,(H,25,29)(H,24,26,27). The number of aromatic nitrogens is 2. The van der Waals surface area contributed by atoms with Crippen molar-refractivity contribution in [3.8, 4) is 5.75 Å². The lowest BCUT2D eigenvalue weighted by molar-refractivity contribution is 0.102. The lowest BCUT2D eigenvalue weighted by Gasteiger charge is -2.28. The highest BCUT2D eigenvalue weighted by Gasteiger charge is 2.14. The van der Waals surface area contributed by atoms with E-state index in [4.69, 9.17) is 9.47 Å². The minimum absolute atomic E-state index is 0.180. The van der Waals surface area contributed by atoms with Crippen molar-refractivity contribution in [3.63, 3.8) is 0 Å². The van der Waals surface area contributed by atoms with Gasteiger partial charge in [-0.2, -0.15) is 4.98 Å². The third-order valence-corrected chi connectivity index (χ3v) is 4.93. The summed E-state index contributed by atoms with van der Waals surface area (Å²) in [6, 6.07) is 16.4. The highest BCUT2D eigenvalue weighted by atomic mass is 16.5. The smallest absolute Gasteiger partial charge is 0.255 e. The molecule has 1 aromatic heterocycles. The molecule has 0 atom stereocenters. The topological polar surface area (TPSA) is 88.6 Å². The van der Waals surface area contributed by atoms with Gasteiger partial charge in [0.2, 0.25) is 5.95 Å². The Hall–Kier alpha value is -3.65. The molecule has 3 aromatic rings. The van der Waals surface area contributed by atoms with Crippen molar-refractivity contribution in [2.24, 2.45) is 0 Å². The summed E-state index contributed by atoms with van der Waals surface area (Å²) < 4.78 is 10.5. The van der Waals surface area contributed by atoms with Crippen molar-refractivity contribution in [1.82, 2.24) is 9.97 Å². The summed E-state index contributed by atoms with van der Waals surface area (Å²) in [6.07, 6.45) is 0. The van der Waals surface area contributed by atoms with Gasteiger partial charge in [-0.3, -0.25) is 4.79 Å². The molecular weight excluding hydrogens is 394 g/mol. The van der Waals surface area contributed by atoms with E-state index in [0.29, 0.717) is 36.2 Å². The number of nitrogens with zero attached hydrogens (tertiary/aromatic N) is 3. The van der Waals surface area contributed by atoms with Gasteiger partial charge in [0, 0.05) is 41.8 Å². The summed E-state index contributed by atoms with van der Waals surface area (Å²) >= 11 is 0. The minimum atomic E-state index is -0.180. The molecule has 2 heterocycles. The van der Waals surface area contributed by atoms with E-state index in [1.54, 1.807) is 31.4 Å². The number of carbonyl (C=O) groups is 1. The van der Waals surface area contributed by atoms with Gasteiger partial charge in [0.1, 0.15) is 11.6 Å². The van der Waals surface area contributed by atoms with Gasteiger partial charge in [0.25, 0.3) is 5.91 Å². The fraction of sp³-hybridized carbons (Fsp3) is 0.261. The maximum absolute atomic E-state index is 12.4. The zero-order valence-electron chi connectivity index (χ0n) is 17.6. The second-order valence-electron chi connectivity index (χ2n) is 7.18. The van der Waals surface area contributed by atoms with Crippen molar-refractivity contribution in [3.05, 3.63) is 65.9 Å². The van der Waals surface area contributed by atoms with Crippen LogP contribution in [0.2, 0.25) is 0 Å². The Morgan fingerprint density at radius 2 is 1.68 bits per heavy atom. The van der Waals surface area contributed by atoms with Crippen LogP contribution >= 0.6 is 0 Å². The first kappa shape index (κ1) is 20.6. The van der Waals surface area contributed by atoms with E-state index >= 15 is 0 Å². The maximum Gasteiger partial charge on any atom is 0.255 e. The first-order chi connectivity index (χ1) is 15.1. The van der Waals surface area contributed by atoms with Gasteiger partial charge < -0.3 is 25.0 Å². The average molecular weight is 419 g/mol. The van der Waals surface area contributed by atoms with Crippen LogP contribution in [0.3, 0.4) is 0 Å². The van der Waals surface area contributed by atoms with E-state index in [1.807, 2.05) is 37.3 Å². The maximum atomic E-state index is 12.4. The molecule has 1 saturated heterocycles. The number of amides is 1. The predicted molar refractivity (Wildman–Crippen MR) is 120 cm³/mol. The molecule has 0 bridgehead atoms. The molecule has 2 aromatic carbocycles. The van der Waals surface area contributed by atoms with Crippen molar-refractivity contribution >= 4 is 29.0 Å². The molecule has 0 unspecified atom stereocenters. The first-order valence-corrected chi connectivity index (χ1v) is 10.1.